The maximum absolute atomic E-state index is 10.7. The standard InChI is InChI=1S/C27H18N6O4/c34-24-17-20(15-16-23(24)33-31-21-13-7-8-14-22(21)32-33)37-27-29-25(35-18-9-3-1-4-10-18)28-26(30-27)36-19-11-5-2-6-12-19/h1-17,34H. The Morgan fingerprint density at radius 1 is 0.514 bits per heavy atom. The molecule has 0 aliphatic carbocycles. The SMILES string of the molecule is Oc1cc(Oc2nc(Oc3ccccc3)nc(Oc3ccccc3)n2)ccc1-n1nc2ccccc2n1. The highest BCUT2D eigenvalue weighted by atomic mass is 16.5. The van der Waals surface area contributed by atoms with Gasteiger partial charge in [0.25, 0.3) is 0 Å². The van der Waals surface area contributed by atoms with Crippen molar-refractivity contribution in [3.8, 4) is 46.7 Å². The zero-order valence-corrected chi connectivity index (χ0v) is 19.2. The van der Waals surface area contributed by atoms with Crippen LogP contribution in [0.2, 0.25) is 0 Å². The molecular formula is C27H18N6O4. The average molecular weight is 490 g/mol. The van der Waals surface area contributed by atoms with Crippen LogP contribution in [0.1, 0.15) is 0 Å². The smallest absolute Gasteiger partial charge is 0.331 e. The van der Waals surface area contributed by atoms with Gasteiger partial charge >= 0.3 is 18.0 Å². The van der Waals surface area contributed by atoms with Gasteiger partial charge in [0.15, 0.2) is 0 Å². The van der Waals surface area contributed by atoms with Crippen molar-refractivity contribution in [2.75, 3.05) is 0 Å². The summed E-state index contributed by atoms with van der Waals surface area (Å²) in [4.78, 5) is 14.1. The molecule has 0 spiro atoms. The fraction of sp³-hybridized carbons (Fsp3) is 0. The number of aromatic hydroxyl groups is 1. The summed E-state index contributed by atoms with van der Waals surface area (Å²) in [5.41, 5.74) is 1.81. The monoisotopic (exact) mass is 490 g/mol. The Bertz CT molecular complexity index is 1580. The Hall–Kier alpha value is -5.51. The van der Waals surface area contributed by atoms with E-state index in [1.807, 2.05) is 60.7 Å². The number of aromatic nitrogens is 6. The molecule has 6 rings (SSSR count). The summed E-state index contributed by atoms with van der Waals surface area (Å²) in [5.74, 6) is 1.26. The number of fused-ring (bicyclic) bond motifs is 1. The van der Waals surface area contributed by atoms with E-state index in [1.165, 1.54) is 10.9 Å². The molecule has 0 radical (unpaired) electrons. The molecule has 0 unspecified atom stereocenters. The van der Waals surface area contributed by atoms with Crippen LogP contribution in [0.25, 0.3) is 16.7 Å². The van der Waals surface area contributed by atoms with E-state index >= 15 is 0 Å². The van der Waals surface area contributed by atoms with E-state index in [0.717, 1.165) is 0 Å². The van der Waals surface area contributed by atoms with E-state index in [-0.39, 0.29) is 29.5 Å². The molecule has 37 heavy (non-hydrogen) atoms. The molecule has 10 heteroatoms. The van der Waals surface area contributed by atoms with E-state index in [9.17, 15) is 5.11 Å². The first-order valence-corrected chi connectivity index (χ1v) is 11.2. The summed E-state index contributed by atoms with van der Waals surface area (Å²) < 4.78 is 17.4. The third-order valence-corrected chi connectivity index (χ3v) is 5.14. The zero-order valence-electron chi connectivity index (χ0n) is 19.2. The molecule has 0 aliphatic heterocycles. The lowest BCUT2D eigenvalue weighted by molar-refractivity contribution is 0.361. The lowest BCUT2D eigenvalue weighted by Crippen LogP contribution is -2.02. The summed E-state index contributed by atoms with van der Waals surface area (Å²) in [5, 5.41) is 19.5. The van der Waals surface area contributed by atoms with Crippen LogP contribution in [0.5, 0.6) is 41.0 Å². The molecule has 1 N–H and O–H groups in total. The summed E-state index contributed by atoms with van der Waals surface area (Å²) in [7, 11) is 0. The molecule has 0 saturated carbocycles. The first kappa shape index (κ1) is 22.0. The molecule has 2 heterocycles. The van der Waals surface area contributed by atoms with Crippen LogP contribution in [0.3, 0.4) is 0 Å². The van der Waals surface area contributed by atoms with Crippen molar-refractivity contribution < 1.29 is 19.3 Å². The van der Waals surface area contributed by atoms with Crippen LogP contribution in [0.15, 0.2) is 103 Å². The lowest BCUT2D eigenvalue weighted by Gasteiger charge is -2.10. The summed E-state index contributed by atoms with van der Waals surface area (Å²) >= 11 is 0. The highest BCUT2D eigenvalue weighted by Crippen LogP contribution is 2.31. The third-order valence-electron chi connectivity index (χ3n) is 5.14. The largest absolute Gasteiger partial charge is 0.505 e. The summed E-state index contributed by atoms with van der Waals surface area (Å²) in [6.45, 7) is 0. The molecule has 6 aromatic rings. The van der Waals surface area contributed by atoms with Gasteiger partial charge in [0.2, 0.25) is 0 Å². The second-order valence-corrected chi connectivity index (χ2v) is 7.74. The quantitative estimate of drug-likeness (QED) is 0.301. The molecule has 4 aromatic carbocycles. The van der Waals surface area contributed by atoms with Crippen LogP contribution in [-0.4, -0.2) is 35.1 Å². The van der Waals surface area contributed by atoms with Gasteiger partial charge in [0.05, 0.1) is 0 Å². The Balaban J connectivity index is 1.29. The van der Waals surface area contributed by atoms with E-state index in [4.69, 9.17) is 14.2 Å². The van der Waals surface area contributed by atoms with Crippen molar-refractivity contribution in [1.82, 2.24) is 29.9 Å². The van der Waals surface area contributed by atoms with Gasteiger partial charge in [-0.15, -0.1) is 29.9 Å². The fourth-order valence-corrected chi connectivity index (χ4v) is 3.45. The number of phenols is 1. The van der Waals surface area contributed by atoms with Crippen LogP contribution < -0.4 is 14.2 Å². The number of hydrogen-bond acceptors (Lipinski definition) is 9. The number of benzene rings is 4. The second kappa shape index (κ2) is 9.62. The van der Waals surface area contributed by atoms with Gasteiger partial charge in [-0.3, -0.25) is 0 Å². The van der Waals surface area contributed by atoms with Crippen LogP contribution in [0.4, 0.5) is 0 Å². The lowest BCUT2D eigenvalue weighted by atomic mass is 10.3. The van der Waals surface area contributed by atoms with E-state index in [0.29, 0.717) is 28.2 Å². The molecule has 0 fully saturated rings. The van der Waals surface area contributed by atoms with Gasteiger partial charge < -0.3 is 19.3 Å². The molecule has 180 valence electrons. The van der Waals surface area contributed by atoms with E-state index in [1.54, 1.807) is 36.4 Å². The van der Waals surface area contributed by atoms with Crippen molar-refractivity contribution in [3.05, 3.63) is 103 Å². The van der Waals surface area contributed by atoms with Gasteiger partial charge in [-0.25, -0.2) is 0 Å². The maximum Gasteiger partial charge on any atom is 0.331 e. The third kappa shape index (κ3) is 4.98. The number of nitrogens with zero attached hydrogens (tertiary/aromatic N) is 6. The minimum atomic E-state index is -0.0895. The van der Waals surface area contributed by atoms with Crippen molar-refractivity contribution in [1.29, 1.82) is 0 Å². The molecule has 0 bridgehead atoms. The summed E-state index contributed by atoms with van der Waals surface area (Å²) in [6, 6.07) is 30.2. The van der Waals surface area contributed by atoms with Crippen LogP contribution in [0, 0.1) is 0 Å². The van der Waals surface area contributed by atoms with Crippen molar-refractivity contribution >= 4 is 11.0 Å². The number of para-hydroxylation sites is 2. The predicted molar refractivity (Wildman–Crippen MR) is 133 cm³/mol. The van der Waals surface area contributed by atoms with Gasteiger partial charge in [0.1, 0.15) is 39.7 Å². The highest BCUT2D eigenvalue weighted by Gasteiger charge is 2.15. The minimum absolute atomic E-state index is 0.0181. The molecule has 0 saturated heterocycles. The van der Waals surface area contributed by atoms with Crippen molar-refractivity contribution in [2.45, 2.75) is 0 Å². The zero-order chi connectivity index (χ0) is 25.0. The number of rotatable bonds is 7. The first-order valence-electron chi connectivity index (χ1n) is 11.2. The second-order valence-electron chi connectivity index (χ2n) is 7.74. The van der Waals surface area contributed by atoms with Gasteiger partial charge in [-0.05, 0) is 48.5 Å². The number of phenolic OH excluding ortho intramolecular Hbond substituents is 1. The Labute approximate surface area is 210 Å². The van der Waals surface area contributed by atoms with Crippen LogP contribution >= 0.6 is 0 Å². The molecule has 0 atom stereocenters. The minimum Gasteiger partial charge on any atom is -0.505 e. The van der Waals surface area contributed by atoms with Crippen molar-refractivity contribution in [3.63, 3.8) is 0 Å². The highest BCUT2D eigenvalue weighted by molar-refractivity contribution is 5.73. The Morgan fingerprint density at radius 3 is 1.46 bits per heavy atom. The maximum atomic E-state index is 10.7. The topological polar surface area (TPSA) is 117 Å². The van der Waals surface area contributed by atoms with Crippen LogP contribution in [-0.2, 0) is 0 Å². The molecule has 0 amide bonds. The van der Waals surface area contributed by atoms with E-state index < -0.39 is 0 Å². The fourth-order valence-electron chi connectivity index (χ4n) is 3.45. The Morgan fingerprint density at radius 2 is 0.973 bits per heavy atom. The molecule has 10 nitrogen and oxygen atoms in total. The number of hydrogen-bond donors (Lipinski definition) is 1. The summed E-state index contributed by atoms with van der Waals surface area (Å²) in [6.07, 6.45) is 0. The normalized spacial score (nSPS) is 10.8. The van der Waals surface area contributed by atoms with E-state index in [2.05, 4.69) is 25.1 Å². The molecular weight excluding hydrogens is 472 g/mol. The molecule has 0 aliphatic rings. The first-order chi connectivity index (χ1) is 18.2. The van der Waals surface area contributed by atoms with Gasteiger partial charge in [-0.1, -0.05) is 48.5 Å². The average Bonchev–Trinajstić information content (AvgIpc) is 3.34. The van der Waals surface area contributed by atoms with Gasteiger partial charge in [-0.2, -0.15) is 0 Å². The number of ether oxygens (including phenoxy) is 3. The van der Waals surface area contributed by atoms with Gasteiger partial charge in [0, 0.05) is 6.07 Å². The predicted octanol–water partition coefficient (Wildman–Crippen LogP) is 5.69. The molecule has 2 aromatic heterocycles. The van der Waals surface area contributed by atoms with Crippen molar-refractivity contribution in [2.24, 2.45) is 0 Å². The Kier molecular flexibility index (Phi) is 5.72.